The highest BCUT2D eigenvalue weighted by atomic mass is 32.2. The van der Waals surface area contributed by atoms with Crippen molar-refractivity contribution in [1.29, 1.82) is 0 Å². The predicted molar refractivity (Wildman–Crippen MR) is 243 cm³/mol. The second kappa shape index (κ2) is 17.2. The van der Waals surface area contributed by atoms with Gasteiger partial charge in [-0.3, -0.25) is 28.4 Å². The average molecular weight is 968 g/mol. The molecule has 1 aliphatic rings. The number of rotatable bonds is 12. The molecule has 0 heterocycles. The standard InChI is InChI=1S/C42H29N7O13S4/c50-42-31-12-9-26(43-25-5-2-1-3-6-25)19-24(31)20-40(66(60,61)62)41(42)49-48-37-16-18-39(35-23-30(65(57,58)59)11-14-33(35)37)47-46-36-15-17-38(34-22-29(64(54,55)56)10-13-32(34)36)45-44-27-7-4-8-28(21-27)63(51,52)53/h1-23,43,48H,(H,51,52,53)(H,54,55,56)(H,57,58,59)(H,60,61,62)/b45-44?,47-46?,49-41+. The molecule has 20 nitrogen and oxygen atoms in total. The van der Waals surface area contributed by atoms with Crippen molar-refractivity contribution >= 4 is 119 Å². The molecule has 0 bridgehead atoms. The van der Waals surface area contributed by atoms with Crippen LogP contribution < -0.4 is 10.7 Å². The van der Waals surface area contributed by atoms with Crippen molar-refractivity contribution in [2.24, 2.45) is 25.6 Å². The zero-order valence-electron chi connectivity index (χ0n) is 33.1. The van der Waals surface area contributed by atoms with Gasteiger partial charge in [0.05, 0.1) is 43.1 Å². The topological polar surface area (TPSA) is 320 Å². The molecular formula is C42H29N7O13S4. The monoisotopic (exact) mass is 967 g/mol. The van der Waals surface area contributed by atoms with E-state index in [2.05, 4.69) is 36.3 Å². The van der Waals surface area contributed by atoms with E-state index < -0.39 is 71.6 Å². The third kappa shape index (κ3) is 9.65. The molecular weight excluding hydrogens is 939 g/mol. The highest BCUT2D eigenvalue weighted by molar-refractivity contribution is 7.91. The molecule has 1 aliphatic carbocycles. The van der Waals surface area contributed by atoms with E-state index in [1.165, 1.54) is 60.7 Å². The molecule has 0 fully saturated rings. The molecule has 8 rings (SSSR count). The SMILES string of the molecule is O=C1/C(=N/Nc2ccc(N=Nc3ccc(N=Nc4cccc(S(=O)(=O)O)c4)c4cc(S(=O)(=O)O)ccc34)c3cc(S(=O)(=O)O)ccc23)C(S(=O)(=O)O)=Cc2cc(Nc3ccccc3)ccc21. The number of allylic oxidation sites excluding steroid dienone is 1. The highest BCUT2D eigenvalue weighted by Gasteiger charge is 2.33. The fourth-order valence-electron chi connectivity index (χ4n) is 6.74. The number of Topliss-reactive ketones (excluding diaryl/α,β-unsaturated/α-hetero) is 1. The fourth-order valence-corrected chi connectivity index (χ4v) is 8.93. The van der Waals surface area contributed by atoms with Gasteiger partial charge in [0.2, 0.25) is 5.78 Å². The molecule has 24 heteroatoms. The Labute approximate surface area is 374 Å². The maximum absolute atomic E-state index is 13.8. The van der Waals surface area contributed by atoms with Gasteiger partial charge in [-0.15, -0.1) is 15.3 Å². The molecule has 0 atom stereocenters. The van der Waals surface area contributed by atoms with Crippen LogP contribution in [0.5, 0.6) is 0 Å². The number of fused-ring (bicyclic) bond motifs is 3. The maximum atomic E-state index is 13.8. The van der Waals surface area contributed by atoms with Gasteiger partial charge >= 0.3 is 0 Å². The number of carbonyl (C=O) groups is 1. The smallest absolute Gasteiger partial charge is 0.296 e. The lowest BCUT2D eigenvalue weighted by Crippen LogP contribution is -2.27. The molecule has 0 aliphatic heterocycles. The van der Waals surface area contributed by atoms with Crippen LogP contribution in [0.4, 0.5) is 39.8 Å². The van der Waals surface area contributed by atoms with E-state index in [-0.39, 0.29) is 61.1 Å². The summed E-state index contributed by atoms with van der Waals surface area (Å²) in [5, 5.41) is 24.5. The van der Waals surface area contributed by atoms with E-state index in [9.17, 15) is 56.7 Å². The summed E-state index contributed by atoms with van der Waals surface area (Å²) in [5.41, 5.74) is 3.67. The van der Waals surface area contributed by atoms with Gasteiger partial charge in [-0.05, 0) is 109 Å². The molecule has 0 saturated heterocycles. The van der Waals surface area contributed by atoms with E-state index in [0.29, 0.717) is 5.69 Å². The van der Waals surface area contributed by atoms with Crippen molar-refractivity contribution in [1.82, 2.24) is 0 Å². The molecule has 6 N–H and O–H groups in total. The first-order valence-corrected chi connectivity index (χ1v) is 24.4. The highest BCUT2D eigenvalue weighted by Crippen LogP contribution is 2.39. The quantitative estimate of drug-likeness (QED) is 0.0377. The average Bonchev–Trinajstić information content (AvgIpc) is 3.26. The van der Waals surface area contributed by atoms with Gasteiger partial charge in [-0.2, -0.15) is 43.9 Å². The second-order valence-corrected chi connectivity index (χ2v) is 19.8. The summed E-state index contributed by atoms with van der Waals surface area (Å²) >= 11 is 0. The molecule has 0 amide bonds. The van der Waals surface area contributed by atoms with E-state index >= 15 is 0 Å². The summed E-state index contributed by atoms with van der Waals surface area (Å²) < 4.78 is 137. The van der Waals surface area contributed by atoms with Crippen molar-refractivity contribution in [2.45, 2.75) is 14.7 Å². The Morgan fingerprint density at radius 3 is 1.64 bits per heavy atom. The third-order valence-electron chi connectivity index (χ3n) is 9.82. The third-order valence-corrected chi connectivity index (χ3v) is 13.2. The number of azo groups is 2. The van der Waals surface area contributed by atoms with Crippen LogP contribution in [-0.2, 0) is 40.5 Å². The predicted octanol–water partition coefficient (Wildman–Crippen LogP) is 9.20. The van der Waals surface area contributed by atoms with Crippen LogP contribution in [0.3, 0.4) is 0 Å². The second-order valence-electron chi connectivity index (χ2n) is 14.2. The van der Waals surface area contributed by atoms with Gasteiger partial charge < -0.3 is 5.32 Å². The molecule has 0 radical (unpaired) electrons. The molecule has 7 aromatic rings. The first-order chi connectivity index (χ1) is 31.1. The van der Waals surface area contributed by atoms with Crippen molar-refractivity contribution in [3.05, 3.63) is 149 Å². The van der Waals surface area contributed by atoms with Crippen molar-refractivity contribution in [3.63, 3.8) is 0 Å². The molecule has 7 aromatic carbocycles. The molecule has 334 valence electrons. The van der Waals surface area contributed by atoms with Crippen molar-refractivity contribution in [2.75, 3.05) is 10.7 Å². The Morgan fingerprint density at radius 2 is 1.02 bits per heavy atom. The van der Waals surface area contributed by atoms with Gasteiger partial charge in [-0.25, -0.2) is 0 Å². The molecule has 0 unspecified atom stereocenters. The summed E-state index contributed by atoms with van der Waals surface area (Å²) in [6.07, 6.45) is 1.09. The molecule has 0 saturated carbocycles. The van der Waals surface area contributed by atoms with Crippen LogP contribution in [0.25, 0.3) is 27.6 Å². The van der Waals surface area contributed by atoms with Crippen molar-refractivity contribution < 1.29 is 56.7 Å². The number of ketones is 1. The van der Waals surface area contributed by atoms with Crippen LogP contribution >= 0.6 is 0 Å². The maximum Gasteiger partial charge on any atom is 0.296 e. The van der Waals surface area contributed by atoms with Crippen LogP contribution in [0.1, 0.15) is 15.9 Å². The number of hydrogen-bond acceptors (Lipinski definition) is 16. The Hall–Kier alpha value is -7.42. The van der Waals surface area contributed by atoms with Crippen LogP contribution in [0.2, 0.25) is 0 Å². The summed E-state index contributed by atoms with van der Waals surface area (Å²) in [6.45, 7) is 0. The minimum Gasteiger partial charge on any atom is -0.356 e. The zero-order chi connectivity index (χ0) is 47.2. The Bertz CT molecular complexity index is 3790. The first-order valence-electron chi connectivity index (χ1n) is 18.7. The van der Waals surface area contributed by atoms with E-state index in [0.717, 1.165) is 48.2 Å². The minimum atomic E-state index is -5.04. The zero-order valence-corrected chi connectivity index (χ0v) is 36.4. The number of nitrogens with one attached hydrogen (secondary N) is 2. The number of benzene rings is 7. The van der Waals surface area contributed by atoms with Crippen LogP contribution in [-0.4, -0.2) is 63.4 Å². The lowest BCUT2D eigenvalue weighted by Gasteiger charge is -2.18. The number of para-hydroxylation sites is 1. The lowest BCUT2D eigenvalue weighted by atomic mass is 9.94. The van der Waals surface area contributed by atoms with Gasteiger partial charge in [0.1, 0.15) is 4.91 Å². The van der Waals surface area contributed by atoms with Gasteiger partial charge in [0.25, 0.3) is 40.5 Å². The summed E-state index contributed by atoms with van der Waals surface area (Å²) in [6, 6.07) is 30.9. The Balaban J connectivity index is 1.17. The number of anilines is 3. The van der Waals surface area contributed by atoms with Crippen molar-refractivity contribution in [3.8, 4) is 0 Å². The van der Waals surface area contributed by atoms with Gasteiger partial charge in [0.15, 0.2) is 5.71 Å². The van der Waals surface area contributed by atoms with Gasteiger partial charge in [-0.1, -0.05) is 36.4 Å². The summed E-state index contributed by atoms with van der Waals surface area (Å²) in [5.74, 6) is -0.850. The van der Waals surface area contributed by atoms with E-state index in [1.807, 2.05) is 18.2 Å². The van der Waals surface area contributed by atoms with Crippen LogP contribution in [0, 0.1) is 0 Å². The van der Waals surface area contributed by atoms with E-state index in [4.69, 9.17) is 0 Å². The number of nitrogens with zero attached hydrogens (tertiary/aromatic N) is 5. The first kappa shape index (κ1) is 45.2. The molecule has 0 aromatic heterocycles. The normalized spacial score (nSPS) is 14.3. The van der Waals surface area contributed by atoms with Crippen LogP contribution in [0.15, 0.2) is 179 Å². The Morgan fingerprint density at radius 1 is 0.455 bits per heavy atom. The largest absolute Gasteiger partial charge is 0.356 e. The van der Waals surface area contributed by atoms with Gasteiger partial charge in [0, 0.05) is 38.5 Å². The summed E-state index contributed by atoms with van der Waals surface area (Å²) in [4.78, 5) is 11.4. The Kier molecular flexibility index (Phi) is 11.8. The van der Waals surface area contributed by atoms with E-state index in [1.54, 1.807) is 18.2 Å². The number of hydrazone groups is 1. The number of carbonyl (C=O) groups excluding carboxylic acids is 1. The fraction of sp³-hybridized carbons (Fsp3) is 0. The molecule has 66 heavy (non-hydrogen) atoms. The summed E-state index contributed by atoms with van der Waals surface area (Å²) in [7, 11) is -19.1. The minimum absolute atomic E-state index is 0.00000185. The molecule has 0 spiro atoms. The lowest BCUT2D eigenvalue weighted by molar-refractivity contribution is 0.106. The number of hydrogen-bond donors (Lipinski definition) is 6.